The van der Waals surface area contributed by atoms with Crippen LogP contribution in [0.15, 0.2) is 36.4 Å². The van der Waals surface area contributed by atoms with E-state index in [4.69, 9.17) is 0 Å². The van der Waals surface area contributed by atoms with E-state index >= 15 is 0 Å². The summed E-state index contributed by atoms with van der Waals surface area (Å²) in [4.78, 5) is 19.1. The molecule has 0 aliphatic carbocycles. The van der Waals surface area contributed by atoms with Gasteiger partial charge in [0.1, 0.15) is 5.69 Å². The largest absolute Gasteiger partial charge is 0.330 e. The van der Waals surface area contributed by atoms with Gasteiger partial charge in [-0.2, -0.15) is 0 Å². The highest BCUT2D eigenvalue weighted by Crippen LogP contribution is 2.20. The van der Waals surface area contributed by atoms with Gasteiger partial charge in [0.2, 0.25) is 0 Å². The van der Waals surface area contributed by atoms with Gasteiger partial charge in [0.15, 0.2) is 0 Å². The zero-order chi connectivity index (χ0) is 14.2. The molecule has 0 saturated carbocycles. The lowest BCUT2D eigenvalue weighted by atomic mass is 9.99. The first-order chi connectivity index (χ1) is 9.58. The number of nitrogens with one attached hydrogen (secondary N) is 1. The molecule has 2 aromatic rings. The molecule has 4 nitrogen and oxygen atoms in total. The average Bonchev–Trinajstić information content (AvgIpc) is 2.45. The van der Waals surface area contributed by atoms with Crippen molar-refractivity contribution in [3.63, 3.8) is 0 Å². The van der Waals surface area contributed by atoms with Crippen molar-refractivity contribution in [1.29, 1.82) is 0 Å². The molecule has 104 valence electrons. The lowest BCUT2D eigenvalue weighted by Gasteiger charge is -2.42. The van der Waals surface area contributed by atoms with Crippen molar-refractivity contribution in [1.82, 2.24) is 15.2 Å². The Labute approximate surface area is 118 Å². The lowest BCUT2D eigenvalue weighted by Crippen LogP contribution is -2.59. The second-order valence-corrected chi connectivity index (χ2v) is 5.84. The van der Waals surface area contributed by atoms with E-state index in [1.165, 1.54) is 0 Å². The Morgan fingerprint density at radius 1 is 1.25 bits per heavy atom. The van der Waals surface area contributed by atoms with E-state index in [-0.39, 0.29) is 11.4 Å². The van der Waals surface area contributed by atoms with Crippen molar-refractivity contribution < 1.29 is 4.79 Å². The molecule has 0 bridgehead atoms. The number of rotatable bonds is 1. The van der Waals surface area contributed by atoms with Crippen molar-refractivity contribution in [3.8, 4) is 0 Å². The van der Waals surface area contributed by atoms with Crippen LogP contribution in [0.25, 0.3) is 10.9 Å². The number of fused-ring (bicyclic) bond motifs is 1. The Morgan fingerprint density at radius 3 is 2.85 bits per heavy atom. The minimum atomic E-state index is -0.178. The minimum Gasteiger partial charge on any atom is -0.330 e. The molecule has 1 amide bonds. The Hall–Kier alpha value is -1.94. The molecular formula is C16H19N3O. The summed E-state index contributed by atoms with van der Waals surface area (Å²) < 4.78 is 0. The van der Waals surface area contributed by atoms with E-state index in [0.29, 0.717) is 5.69 Å². The number of pyridine rings is 1. The topological polar surface area (TPSA) is 45.2 Å². The van der Waals surface area contributed by atoms with Crippen molar-refractivity contribution in [2.24, 2.45) is 0 Å². The first kappa shape index (κ1) is 13.1. The molecular weight excluding hydrogens is 250 g/mol. The zero-order valence-electron chi connectivity index (χ0n) is 11.9. The van der Waals surface area contributed by atoms with Crippen molar-refractivity contribution in [2.45, 2.75) is 19.4 Å². The van der Waals surface area contributed by atoms with Crippen LogP contribution in [0.4, 0.5) is 0 Å². The van der Waals surface area contributed by atoms with Crippen molar-refractivity contribution >= 4 is 16.8 Å². The smallest absolute Gasteiger partial charge is 0.273 e. The number of aromatic nitrogens is 1. The third-order valence-electron chi connectivity index (χ3n) is 3.86. The Kier molecular flexibility index (Phi) is 3.18. The highest BCUT2D eigenvalue weighted by atomic mass is 16.2. The first-order valence-corrected chi connectivity index (χ1v) is 6.96. The zero-order valence-corrected chi connectivity index (χ0v) is 11.9. The van der Waals surface area contributed by atoms with Crippen LogP contribution in [0.5, 0.6) is 0 Å². The molecule has 0 unspecified atom stereocenters. The fourth-order valence-electron chi connectivity index (χ4n) is 2.68. The van der Waals surface area contributed by atoms with Crippen LogP contribution in [0, 0.1) is 0 Å². The summed E-state index contributed by atoms with van der Waals surface area (Å²) in [6.07, 6.45) is 0. The Morgan fingerprint density at radius 2 is 2.05 bits per heavy atom. The van der Waals surface area contributed by atoms with Gasteiger partial charge < -0.3 is 10.2 Å². The van der Waals surface area contributed by atoms with Gasteiger partial charge in [-0.3, -0.25) is 4.79 Å². The third-order valence-corrected chi connectivity index (χ3v) is 3.86. The van der Waals surface area contributed by atoms with Crippen molar-refractivity contribution in [2.75, 3.05) is 19.6 Å². The van der Waals surface area contributed by atoms with Gasteiger partial charge in [-0.05, 0) is 26.0 Å². The Balaban J connectivity index is 1.95. The second-order valence-electron chi connectivity index (χ2n) is 5.84. The molecule has 1 aliphatic rings. The average molecular weight is 269 g/mol. The number of hydrogen-bond acceptors (Lipinski definition) is 3. The third kappa shape index (κ3) is 2.27. The van der Waals surface area contributed by atoms with E-state index in [1.807, 2.05) is 41.3 Å². The summed E-state index contributed by atoms with van der Waals surface area (Å²) in [7, 11) is 0. The van der Waals surface area contributed by atoms with Gasteiger partial charge in [-0.15, -0.1) is 0 Å². The SMILES string of the molecule is CC1(C)CNCCN1C(=O)c1ccc2ccccc2n1. The van der Waals surface area contributed by atoms with E-state index in [9.17, 15) is 4.79 Å². The predicted molar refractivity (Wildman–Crippen MR) is 79.7 cm³/mol. The molecule has 2 heterocycles. The molecule has 1 aromatic carbocycles. The first-order valence-electron chi connectivity index (χ1n) is 6.96. The van der Waals surface area contributed by atoms with Crippen LogP contribution in [-0.2, 0) is 0 Å². The lowest BCUT2D eigenvalue weighted by molar-refractivity contribution is 0.0472. The predicted octanol–water partition coefficient (Wildman–Crippen LogP) is 2.06. The van der Waals surface area contributed by atoms with Crippen molar-refractivity contribution in [3.05, 3.63) is 42.1 Å². The van der Waals surface area contributed by atoms with E-state index in [0.717, 1.165) is 30.5 Å². The quantitative estimate of drug-likeness (QED) is 0.862. The van der Waals surface area contributed by atoms with Gasteiger partial charge >= 0.3 is 0 Å². The van der Waals surface area contributed by atoms with Gasteiger partial charge in [-0.1, -0.05) is 24.3 Å². The fraction of sp³-hybridized carbons (Fsp3) is 0.375. The standard InChI is InChI=1S/C16H19N3O/c1-16(2)11-17-9-10-19(16)15(20)14-8-7-12-5-3-4-6-13(12)18-14/h3-8,17H,9-11H2,1-2H3. The maximum atomic E-state index is 12.7. The minimum absolute atomic E-state index is 0.0160. The van der Waals surface area contributed by atoms with E-state index in [2.05, 4.69) is 24.1 Å². The highest BCUT2D eigenvalue weighted by Gasteiger charge is 2.34. The maximum Gasteiger partial charge on any atom is 0.273 e. The molecule has 1 aromatic heterocycles. The summed E-state index contributed by atoms with van der Waals surface area (Å²) in [5, 5.41) is 4.39. The van der Waals surface area contributed by atoms with Crippen LogP contribution in [0.3, 0.4) is 0 Å². The summed E-state index contributed by atoms with van der Waals surface area (Å²) in [5.74, 6) is 0.0160. The van der Waals surface area contributed by atoms with Crippen LogP contribution < -0.4 is 5.32 Å². The van der Waals surface area contributed by atoms with Crippen LogP contribution in [-0.4, -0.2) is 41.0 Å². The molecule has 3 rings (SSSR count). The van der Waals surface area contributed by atoms with Crippen LogP contribution in [0.1, 0.15) is 24.3 Å². The number of carbonyl (C=O) groups excluding carboxylic acids is 1. The molecule has 1 saturated heterocycles. The molecule has 1 fully saturated rings. The fourth-order valence-corrected chi connectivity index (χ4v) is 2.68. The summed E-state index contributed by atoms with van der Waals surface area (Å²) >= 11 is 0. The molecule has 4 heteroatoms. The Bertz CT molecular complexity index is 651. The molecule has 1 aliphatic heterocycles. The van der Waals surface area contributed by atoms with E-state index < -0.39 is 0 Å². The molecule has 20 heavy (non-hydrogen) atoms. The number of carbonyl (C=O) groups is 1. The summed E-state index contributed by atoms with van der Waals surface area (Å²) in [5.41, 5.74) is 1.22. The number of benzene rings is 1. The van der Waals surface area contributed by atoms with Crippen LogP contribution >= 0.6 is 0 Å². The number of nitrogens with zero attached hydrogens (tertiary/aromatic N) is 2. The molecule has 0 spiro atoms. The van der Waals surface area contributed by atoms with E-state index in [1.54, 1.807) is 0 Å². The number of hydrogen-bond donors (Lipinski definition) is 1. The summed E-state index contributed by atoms with van der Waals surface area (Å²) in [6, 6.07) is 11.6. The monoisotopic (exact) mass is 269 g/mol. The second kappa shape index (κ2) is 4.87. The van der Waals surface area contributed by atoms with Gasteiger partial charge in [0, 0.05) is 25.0 Å². The molecule has 0 radical (unpaired) electrons. The molecule has 0 atom stereocenters. The normalized spacial score (nSPS) is 18.2. The van der Waals surface area contributed by atoms with Gasteiger partial charge in [0.05, 0.1) is 11.1 Å². The van der Waals surface area contributed by atoms with Crippen LogP contribution in [0.2, 0.25) is 0 Å². The number of amides is 1. The van der Waals surface area contributed by atoms with Gasteiger partial charge in [-0.25, -0.2) is 4.98 Å². The highest BCUT2D eigenvalue weighted by molar-refractivity contribution is 5.95. The summed E-state index contributed by atoms with van der Waals surface area (Å²) in [6.45, 7) is 6.53. The number of para-hydroxylation sites is 1. The van der Waals surface area contributed by atoms with Gasteiger partial charge in [0.25, 0.3) is 5.91 Å². The number of piperazine rings is 1. The molecule has 1 N–H and O–H groups in total. The maximum absolute atomic E-state index is 12.7.